The van der Waals surface area contributed by atoms with E-state index in [0.29, 0.717) is 23.2 Å². The van der Waals surface area contributed by atoms with Crippen molar-refractivity contribution in [2.24, 2.45) is 0 Å². The summed E-state index contributed by atoms with van der Waals surface area (Å²) in [6.45, 7) is 0. The van der Waals surface area contributed by atoms with E-state index in [-0.39, 0.29) is 0 Å². The number of para-hydroxylation sites is 1. The summed E-state index contributed by atoms with van der Waals surface area (Å²) < 4.78 is 16.2. The number of aromatic amines is 1. The standard InChI is InChI=1S/C21H20N4O3/c1-26-18-10-13(11-19(27-2)20(18)28-3)24-21-22-9-8-17(25-21)15-12-23-16-7-5-4-6-14(15)16/h4-12,23H,1-3H3,(H,22,24,25). The number of anilines is 2. The number of hydrogen-bond donors (Lipinski definition) is 2. The Morgan fingerprint density at radius 1 is 0.929 bits per heavy atom. The molecule has 0 aliphatic heterocycles. The van der Waals surface area contributed by atoms with Gasteiger partial charge in [0.1, 0.15) is 0 Å². The van der Waals surface area contributed by atoms with Gasteiger partial charge in [0.05, 0.1) is 27.0 Å². The number of hydrogen-bond acceptors (Lipinski definition) is 6. The monoisotopic (exact) mass is 376 g/mol. The van der Waals surface area contributed by atoms with E-state index in [0.717, 1.165) is 27.8 Å². The SMILES string of the molecule is COc1cc(Nc2nccc(-c3c[nH]c4ccccc34)n2)cc(OC)c1OC. The van der Waals surface area contributed by atoms with E-state index < -0.39 is 0 Å². The average molecular weight is 376 g/mol. The Labute approximate surface area is 162 Å². The number of H-pyrrole nitrogens is 1. The van der Waals surface area contributed by atoms with Gasteiger partial charge >= 0.3 is 0 Å². The van der Waals surface area contributed by atoms with Crippen LogP contribution in [0, 0.1) is 0 Å². The molecule has 2 heterocycles. The summed E-state index contributed by atoms with van der Waals surface area (Å²) >= 11 is 0. The highest BCUT2D eigenvalue weighted by Gasteiger charge is 2.14. The van der Waals surface area contributed by atoms with Crippen molar-refractivity contribution in [2.75, 3.05) is 26.6 Å². The summed E-state index contributed by atoms with van der Waals surface area (Å²) in [6, 6.07) is 13.6. The molecule has 0 amide bonds. The van der Waals surface area contributed by atoms with Crippen molar-refractivity contribution < 1.29 is 14.2 Å². The molecule has 0 spiro atoms. The third-order valence-corrected chi connectivity index (χ3v) is 4.44. The summed E-state index contributed by atoms with van der Waals surface area (Å²) in [7, 11) is 4.73. The fraction of sp³-hybridized carbons (Fsp3) is 0.143. The molecule has 7 nitrogen and oxygen atoms in total. The van der Waals surface area contributed by atoms with E-state index in [9.17, 15) is 0 Å². The predicted molar refractivity (Wildman–Crippen MR) is 109 cm³/mol. The van der Waals surface area contributed by atoms with Gasteiger partial charge in [-0.3, -0.25) is 0 Å². The minimum Gasteiger partial charge on any atom is -0.493 e. The van der Waals surface area contributed by atoms with Gasteiger partial charge in [-0.05, 0) is 12.1 Å². The quantitative estimate of drug-likeness (QED) is 0.519. The minimum absolute atomic E-state index is 0.469. The van der Waals surface area contributed by atoms with Crippen LogP contribution in [-0.2, 0) is 0 Å². The number of rotatable bonds is 6. The minimum atomic E-state index is 0.469. The maximum Gasteiger partial charge on any atom is 0.227 e. The average Bonchev–Trinajstić information content (AvgIpc) is 3.17. The Morgan fingerprint density at radius 3 is 2.39 bits per heavy atom. The maximum absolute atomic E-state index is 5.40. The van der Waals surface area contributed by atoms with Crippen LogP contribution in [0.1, 0.15) is 0 Å². The second-order valence-electron chi connectivity index (χ2n) is 6.05. The normalized spacial score (nSPS) is 10.7. The molecule has 28 heavy (non-hydrogen) atoms. The molecule has 0 unspecified atom stereocenters. The van der Waals surface area contributed by atoms with Gasteiger partial charge in [-0.25, -0.2) is 9.97 Å². The van der Waals surface area contributed by atoms with Crippen LogP contribution >= 0.6 is 0 Å². The first kappa shape index (κ1) is 17.7. The summed E-state index contributed by atoms with van der Waals surface area (Å²) in [5, 5.41) is 4.32. The van der Waals surface area contributed by atoms with Crippen molar-refractivity contribution in [3.05, 3.63) is 54.9 Å². The van der Waals surface area contributed by atoms with Gasteiger partial charge in [0.15, 0.2) is 11.5 Å². The Morgan fingerprint density at radius 2 is 1.68 bits per heavy atom. The zero-order valence-electron chi connectivity index (χ0n) is 15.8. The number of aromatic nitrogens is 3. The molecule has 0 saturated heterocycles. The topological polar surface area (TPSA) is 81.3 Å². The molecule has 0 aliphatic rings. The molecule has 0 saturated carbocycles. The fourth-order valence-electron chi connectivity index (χ4n) is 3.13. The van der Waals surface area contributed by atoms with Crippen molar-refractivity contribution in [3.63, 3.8) is 0 Å². The molecule has 2 aromatic heterocycles. The lowest BCUT2D eigenvalue weighted by atomic mass is 10.1. The zero-order chi connectivity index (χ0) is 19.5. The van der Waals surface area contributed by atoms with E-state index >= 15 is 0 Å². The van der Waals surface area contributed by atoms with Crippen molar-refractivity contribution in [2.45, 2.75) is 0 Å². The van der Waals surface area contributed by atoms with Crippen molar-refractivity contribution in [1.29, 1.82) is 0 Å². The Kier molecular flexibility index (Phi) is 4.72. The van der Waals surface area contributed by atoms with Gasteiger partial charge in [0.25, 0.3) is 0 Å². The van der Waals surface area contributed by atoms with Crippen LogP contribution in [0.2, 0.25) is 0 Å². The van der Waals surface area contributed by atoms with Crippen LogP contribution in [0.25, 0.3) is 22.2 Å². The Hall–Kier alpha value is -3.74. The molecular weight excluding hydrogens is 356 g/mol. The van der Waals surface area contributed by atoms with E-state index in [1.807, 2.05) is 42.6 Å². The molecule has 0 atom stereocenters. The summed E-state index contributed by atoms with van der Waals surface area (Å²) in [5.41, 5.74) is 3.63. The van der Waals surface area contributed by atoms with E-state index in [2.05, 4.69) is 26.3 Å². The molecule has 0 fully saturated rings. The van der Waals surface area contributed by atoms with Crippen LogP contribution in [0.5, 0.6) is 17.2 Å². The number of methoxy groups -OCH3 is 3. The van der Waals surface area contributed by atoms with Gasteiger partial charge in [0.2, 0.25) is 11.7 Å². The molecule has 0 aliphatic carbocycles. The first-order valence-electron chi connectivity index (χ1n) is 8.70. The second-order valence-corrected chi connectivity index (χ2v) is 6.05. The number of nitrogens with one attached hydrogen (secondary N) is 2. The van der Waals surface area contributed by atoms with E-state index in [1.165, 1.54) is 0 Å². The molecule has 0 bridgehead atoms. The van der Waals surface area contributed by atoms with Crippen molar-refractivity contribution >= 4 is 22.5 Å². The number of nitrogens with zero attached hydrogens (tertiary/aromatic N) is 2. The number of benzene rings is 2. The largest absolute Gasteiger partial charge is 0.493 e. The number of ether oxygens (including phenoxy) is 3. The van der Waals surface area contributed by atoms with Crippen LogP contribution in [-0.4, -0.2) is 36.3 Å². The highest BCUT2D eigenvalue weighted by atomic mass is 16.5. The highest BCUT2D eigenvalue weighted by molar-refractivity contribution is 5.94. The van der Waals surface area contributed by atoms with Gasteiger partial charge in [0, 0.05) is 46.7 Å². The van der Waals surface area contributed by atoms with Crippen LogP contribution in [0.15, 0.2) is 54.9 Å². The van der Waals surface area contributed by atoms with E-state index in [1.54, 1.807) is 27.5 Å². The Balaban J connectivity index is 1.69. The van der Waals surface area contributed by atoms with Crippen LogP contribution in [0.3, 0.4) is 0 Å². The lowest BCUT2D eigenvalue weighted by molar-refractivity contribution is 0.324. The zero-order valence-corrected chi connectivity index (χ0v) is 15.8. The third-order valence-electron chi connectivity index (χ3n) is 4.44. The summed E-state index contributed by atoms with van der Waals surface area (Å²) in [6.07, 6.45) is 3.68. The molecule has 2 aromatic carbocycles. The number of fused-ring (bicyclic) bond motifs is 1. The lowest BCUT2D eigenvalue weighted by Crippen LogP contribution is -2.00. The first-order chi connectivity index (χ1) is 13.7. The fourth-order valence-corrected chi connectivity index (χ4v) is 3.13. The third kappa shape index (κ3) is 3.18. The van der Waals surface area contributed by atoms with Gasteiger partial charge in [-0.15, -0.1) is 0 Å². The van der Waals surface area contributed by atoms with Crippen molar-refractivity contribution in [1.82, 2.24) is 15.0 Å². The smallest absolute Gasteiger partial charge is 0.227 e. The van der Waals surface area contributed by atoms with Gasteiger partial charge in [-0.2, -0.15) is 0 Å². The predicted octanol–water partition coefficient (Wildman–Crippen LogP) is 4.39. The second kappa shape index (κ2) is 7.48. The molecular formula is C21H20N4O3. The Bertz CT molecular complexity index is 1100. The molecule has 0 radical (unpaired) electrons. The van der Waals surface area contributed by atoms with Gasteiger partial charge in [-0.1, -0.05) is 18.2 Å². The molecule has 4 rings (SSSR count). The molecule has 4 aromatic rings. The molecule has 2 N–H and O–H groups in total. The van der Waals surface area contributed by atoms with E-state index in [4.69, 9.17) is 14.2 Å². The first-order valence-corrected chi connectivity index (χ1v) is 8.70. The summed E-state index contributed by atoms with van der Waals surface area (Å²) in [4.78, 5) is 12.3. The highest BCUT2D eigenvalue weighted by Crippen LogP contribution is 2.40. The van der Waals surface area contributed by atoms with Crippen LogP contribution in [0.4, 0.5) is 11.6 Å². The molecule has 7 heteroatoms. The van der Waals surface area contributed by atoms with Crippen LogP contribution < -0.4 is 19.5 Å². The maximum atomic E-state index is 5.40. The summed E-state index contributed by atoms with van der Waals surface area (Å²) in [5.74, 6) is 2.11. The van der Waals surface area contributed by atoms with Crippen molar-refractivity contribution in [3.8, 4) is 28.5 Å². The molecule has 142 valence electrons. The lowest BCUT2D eigenvalue weighted by Gasteiger charge is -2.14. The van der Waals surface area contributed by atoms with Gasteiger partial charge < -0.3 is 24.5 Å².